The summed E-state index contributed by atoms with van der Waals surface area (Å²) in [5, 5.41) is 10.9. The van der Waals surface area contributed by atoms with Crippen molar-refractivity contribution in [1.29, 1.82) is 0 Å². The van der Waals surface area contributed by atoms with Gasteiger partial charge in [0.25, 0.3) is 5.91 Å². The molecule has 0 radical (unpaired) electrons. The minimum Gasteiger partial charge on any atom is -0.503 e. The number of hydrogen-bond donors (Lipinski definition) is 1. The number of Topliss-reactive ketones (excluding diaryl/α,β-unsaturated/α-hetero) is 1. The predicted molar refractivity (Wildman–Crippen MR) is 134 cm³/mol. The lowest BCUT2D eigenvalue weighted by atomic mass is 9.93. The molecule has 2 atom stereocenters. The third-order valence-corrected chi connectivity index (χ3v) is 6.49. The average molecular weight is 483 g/mol. The van der Waals surface area contributed by atoms with Crippen molar-refractivity contribution in [2.24, 2.45) is 0 Å². The Morgan fingerprint density at radius 2 is 1.58 bits per heavy atom. The number of likely N-dealkylation sites (N-methyl/N-ethyl adjacent to an activating group) is 1. The van der Waals surface area contributed by atoms with Crippen molar-refractivity contribution >= 4 is 11.7 Å². The van der Waals surface area contributed by atoms with Crippen LogP contribution in [0, 0.1) is 0 Å². The maximum absolute atomic E-state index is 13.4. The Morgan fingerprint density at radius 1 is 0.917 bits per heavy atom. The third kappa shape index (κ3) is 4.25. The van der Waals surface area contributed by atoms with E-state index in [-0.39, 0.29) is 23.9 Å². The number of amides is 1. The van der Waals surface area contributed by atoms with Crippen LogP contribution in [0.1, 0.15) is 34.0 Å². The smallest absolute Gasteiger partial charge is 0.290 e. The third-order valence-electron chi connectivity index (χ3n) is 6.49. The second-order valence-corrected chi connectivity index (χ2v) is 8.91. The van der Waals surface area contributed by atoms with Gasteiger partial charge in [0.2, 0.25) is 5.78 Å². The van der Waals surface area contributed by atoms with Crippen LogP contribution in [0.15, 0.2) is 112 Å². The first-order chi connectivity index (χ1) is 17.5. The number of aliphatic hydroxyl groups excluding tert-OH is 1. The number of ketones is 1. The summed E-state index contributed by atoms with van der Waals surface area (Å²) in [6, 6.07) is 23.3. The molecule has 4 aromatic rings. The first-order valence-electron chi connectivity index (χ1n) is 11.6. The number of hydrogen-bond acceptors (Lipinski definition) is 6. The van der Waals surface area contributed by atoms with Gasteiger partial charge >= 0.3 is 0 Å². The average Bonchev–Trinajstić information content (AvgIpc) is 3.66. The number of benzene rings is 2. The van der Waals surface area contributed by atoms with Gasteiger partial charge in [0.1, 0.15) is 5.76 Å². The fourth-order valence-electron chi connectivity index (χ4n) is 4.62. The number of aliphatic hydroxyl groups is 1. The van der Waals surface area contributed by atoms with Crippen molar-refractivity contribution in [2.45, 2.75) is 12.1 Å². The quantitative estimate of drug-likeness (QED) is 0.338. The molecule has 36 heavy (non-hydrogen) atoms. The van der Waals surface area contributed by atoms with Crippen molar-refractivity contribution in [2.75, 3.05) is 20.6 Å². The molecule has 3 heterocycles. The highest BCUT2D eigenvalue weighted by molar-refractivity contribution is 6.15. The van der Waals surface area contributed by atoms with Gasteiger partial charge in [-0.1, -0.05) is 54.6 Å². The Kier molecular flexibility index (Phi) is 6.31. The molecule has 1 N–H and O–H groups in total. The minimum atomic E-state index is -0.794. The molecule has 7 nitrogen and oxygen atoms in total. The van der Waals surface area contributed by atoms with Gasteiger partial charge < -0.3 is 18.8 Å². The van der Waals surface area contributed by atoms with Gasteiger partial charge in [-0.2, -0.15) is 0 Å². The Balaban J connectivity index is 1.56. The van der Waals surface area contributed by atoms with Crippen LogP contribution < -0.4 is 0 Å². The number of carbonyl (C=O) groups is 2. The molecule has 0 spiro atoms. The SMILES string of the molecule is CN(C)C(CN1C(=O)C(O)=C(C(=O)c2ccco2)C1c1ccc(-c2ccccc2)cc1)c1ccco1. The number of furan rings is 2. The summed E-state index contributed by atoms with van der Waals surface area (Å²) in [5.74, 6) is -0.959. The number of rotatable bonds is 8. The first-order valence-corrected chi connectivity index (χ1v) is 11.6. The molecular weight excluding hydrogens is 456 g/mol. The zero-order valence-electron chi connectivity index (χ0n) is 20.0. The van der Waals surface area contributed by atoms with E-state index < -0.39 is 23.5 Å². The van der Waals surface area contributed by atoms with Crippen LogP contribution in [0.4, 0.5) is 0 Å². The van der Waals surface area contributed by atoms with E-state index >= 15 is 0 Å². The van der Waals surface area contributed by atoms with Gasteiger partial charge in [-0.05, 0) is 55.1 Å². The van der Waals surface area contributed by atoms with Gasteiger partial charge in [0.15, 0.2) is 11.5 Å². The minimum absolute atomic E-state index is 0.000591. The largest absolute Gasteiger partial charge is 0.503 e. The zero-order chi connectivity index (χ0) is 25.2. The zero-order valence-corrected chi connectivity index (χ0v) is 20.0. The summed E-state index contributed by atoms with van der Waals surface area (Å²) in [5.41, 5.74) is 2.77. The lowest BCUT2D eigenvalue weighted by molar-refractivity contribution is -0.130. The standard InChI is InChI=1S/C29H26N2O5/c1-30(2)22(23-10-6-16-35-23)18-31-26(21-14-12-20(13-15-21)19-8-4-3-5-9-19)25(28(33)29(31)34)27(32)24-11-7-17-36-24/h3-17,22,26,33H,18H2,1-2H3. The molecule has 0 bridgehead atoms. The second kappa shape index (κ2) is 9.71. The monoisotopic (exact) mass is 482 g/mol. The second-order valence-electron chi connectivity index (χ2n) is 8.91. The Hall–Kier alpha value is -4.36. The molecule has 1 aliphatic rings. The fourth-order valence-corrected chi connectivity index (χ4v) is 4.62. The summed E-state index contributed by atoms with van der Waals surface area (Å²) in [6.45, 7) is 0.198. The summed E-state index contributed by atoms with van der Waals surface area (Å²) < 4.78 is 10.9. The van der Waals surface area contributed by atoms with Gasteiger partial charge in [-0.25, -0.2) is 0 Å². The van der Waals surface area contributed by atoms with E-state index in [0.29, 0.717) is 11.3 Å². The van der Waals surface area contributed by atoms with Gasteiger partial charge in [-0.15, -0.1) is 0 Å². The summed E-state index contributed by atoms with van der Waals surface area (Å²) in [4.78, 5) is 30.2. The molecule has 0 saturated heterocycles. The predicted octanol–water partition coefficient (Wildman–Crippen LogP) is 5.42. The number of nitrogens with zero attached hydrogens (tertiary/aromatic N) is 2. The lowest BCUT2D eigenvalue weighted by Gasteiger charge is -2.32. The van der Waals surface area contributed by atoms with E-state index in [2.05, 4.69) is 0 Å². The highest BCUT2D eigenvalue weighted by atomic mass is 16.3. The highest BCUT2D eigenvalue weighted by Crippen LogP contribution is 2.41. The highest BCUT2D eigenvalue weighted by Gasteiger charge is 2.45. The van der Waals surface area contributed by atoms with Crippen LogP contribution in [-0.2, 0) is 4.79 Å². The van der Waals surface area contributed by atoms with Gasteiger partial charge in [-0.3, -0.25) is 14.5 Å². The van der Waals surface area contributed by atoms with E-state index in [1.54, 1.807) is 18.4 Å². The lowest BCUT2D eigenvalue weighted by Crippen LogP contribution is -2.38. The normalized spacial score (nSPS) is 16.7. The number of carbonyl (C=O) groups excluding carboxylic acids is 2. The molecule has 2 unspecified atom stereocenters. The van der Waals surface area contributed by atoms with Crippen molar-refractivity contribution < 1.29 is 23.5 Å². The van der Waals surface area contributed by atoms with Crippen LogP contribution in [0.3, 0.4) is 0 Å². The molecular formula is C29H26N2O5. The molecule has 1 aliphatic heterocycles. The van der Waals surface area contributed by atoms with E-state index in [0.717, 1.165) is 11.1 Å². The maximum Gasteiger partial charge on any atom is 0.290 e. The van der Waals surface area contributed by atoms with Crippen LogP contribution in [-0.4, -0.2) is 47.2 Å². The van der Waals surface area contributed by atoms with Crippen LogP contribution >= 0.6 is 0 Å². The molecule has 0 aliphatic carbocycles. The Labute approximate surface area is 208 Å². The maximum atomic E-state index is 13.4. The Bertz CT molecular complexity index is 1370. The molecule has 2 aromatic heterocycles. The fraction of sp³-hybridized carbons (Fsp3) is 0.172. The van der Waals surface area contributed by atoms with Crippen LogP contribution in [0.5, 0.6) is 0 Å². The van der Waals surface area contributed by atoms with E-state index in [1.165, 1.54) is 17.2 Å². The summed E-state index contributed by atoms with van der Waals surface area (Å²) >= 11 is 0. The van der Waals surface area contributed by atoms with Crippen molar-refractivity contribution in [3.63, 3.8) is 0 Å². The van der Waals surface area contributed by atoms with Gasteiger partial charge in [0, 0.05) is 6.54 Å². The molecule has 2 aromatic carbocycles. The van der Waals surface area contributed by atoms with E-state index in [9.17, 15) is 14.7 Å². The van der Waals surface area contributed by atoms with Crippen molar-refractivity contribution in [1.82, 2.24) is 9.80 Å². The molecule has 5 rings (SSSR count). The van der Waals surface area contributed by atoms with Crippen LogP contribution in [0.25, 0.3) is 11.1 Å². The Morgan fingerprint density at radius 3 is 2.19 bits per heavy atom. The molecule has 7 heteroatoms. The van der Waals surface area contributed by atoms with Crippen LogP contribution in [0.2, 0.25) is 0 Å². The molecule has 182 valence electrons. The van der Waals surface area contributed by atoms with Crippen molar-refractivity contribution in [3.05, 3.63) is 120 Å². The van der Waals surface area contributed by atoms with Gasteiger partial charge in [0.05, 0.1) is 30.2 Å². The molecule has 0 fully saturated rings. The van der Waals surface area contributed by atoms with E-state index in [1.807, 2.05) is 79.7 Å². The topological polar surface area (TPSA) is 87.1 Å². The summed E-state index contributed by atoms with van der Waals surface area (Å²) in [7, 11) is 3.78. The first kappa shape index (κ1) is 23.4. The summed E-state index contributed by atoms with van der Waals surface area (Å²) in [6.07, 6.45) is 2.97. The molecule has 0 saturated carbocycles. The van der Waals surface area contributed by atoms with Crippen molar-refractivity contribution in [3.8, 4) is 11.1 Å². The van der Waals surface area contributed by atoms with E-state index in [4.69, 9.17) is 8.83 Å². The molecule has 1 amide bonds.